The quantitative estimate of drug-likeness (QED) is 0.891. The van der Waals surface area contributed by atoms with Crippen LogP contribution in [0.3, 0.4) is 0 Å². The van der Waals surface area contributed by atoms with Crippen molar-refractivity contribution in [2.75, 3.05) is 46.4 Å². The van der Waals surface area contributed by atoms with E-state index in [1.807, 2.05) is 18.2 Å². The molecule has 2 amide bonds. The maximum Gasteiger partial charge on any atom is 0.409 e. The number of nitrogens with zero attached hydrogens (tertiary/aromatic N) is 2. The molecule has 114 valence electrons. The molecule has 6 heteroatoms. The molecule has 1 fully saturated rings. The topological polar surface area (TPSA) is 61.9 Å². The van der Waals surface area contributed by atoms with E-state index in [0.717, 1.165) is 19.6 Å². The molecule has 0 radical (unpaired) electrons. The molecule has 0 aliphatic carbocycles. The Morgan fingerprint density at radius 2 is 1.81 bits per heavy atom. The molecule has 1 heterocycles. The van der Waals surface area contributed by atoms with Crippen molar-refractivity contribution in [1.82, 2.24) is 15.1 Å². The van der Waals surface area contributed by atoms with Crippen molar-refractivity contribution in [3.05, 3.63) is 35.9 Å². The van der Waals surface area contributed by atoms with E-state index in [-0.39, 0.29) is 12.0 Å². The Balaban J connectivity index is 1.66. The minimum Gasteiger partial charge on any atom is -0.453 e. The highest BCUT2D eigenvalue weighted by atomic mass is 16.5. The van der Waals surface area contributed by atoms with Gasteiger partial charge < -0.3 is 15.0 Å². The van der Waals surface area contributed by atoms with E-state index >= 15 is 0 Å². The molecule has 1 aromatic rings. The molecule has 0 saturated carbocycles. The summed E-state index contributed by atoms with van der Waals surface area (Å²) < 4.78 is 4.70. The van der Waals surface area contributed by atoms with Crippen molar-refractivity contribution < 1.29 is 14.3 Å². The number of piperazine rings is 1. The number of carbonyl (C=O) groups is 2. The minimum absolute atomic E-state index is 0.0520. The standard InChI is InChI=1S/C15H21N3O3/c1-21-15(20)18-11-9-17(10-12-18)8-7-16-14(19)13-5-3-2-4-6-13/h2-6H,7-12H2,1H3,(H,16,19). The molecule has 1 aromatic carbocycles. The van der Waals surface area contributed by atoms with Gasteiger partial charge in [-0.25, -0.2) is 4.79 Å². The van der Waals surface area contributed by atoms with E-state index < -0.39 is 0 Å². The van der Waals surface area contributed by atoms with Crippen LogP contribution in [-0.4, -0.2) is 68.2 Å². The second-order valence-corrected chi connectivity index (χ2v) is 4.92. The van der Waals surface area contributed by atoms with Crippen molar-refractivity contribution in [3.63, 3.8) is 0 Å². The summed E-state index contributed by atoms with van der Waals surface area (Å²) in [4.78, 5) is 27.1. The van der Waals surface area contributed by atoms with Gasteiger partial charge in [0.25, 0.3) is 5.91 Å². The maximum absolute atomic E-state index is 11.9. The van der Waals surface area contributed by atoms with E-state index in [1.165, 1.54) is 7.11 Å². The molecule has 2 rings (SSSR count). The number of benzene rings is 1. The van der Waals surface area contributed by atoms with Crippen LogP contribution in [0.25, 0.3) is 0 Å². The SMILES string of the molecule is COC(=O)N1CCN(CCNC(=O)c2ccccc2)CC1. The Morgan fingerprint density at radius 1 is 1.14 bits per heavy atom. The average Bonchev–Trinajstić information content (AvgIpc) is 2.55. The third kappa shape index (κ3) is 4.46. The van der Waals surface area contributed by atoms with Crippen molar-refractivity contribution in [3.8, 4) is 0 Å². The first kappa shape index (κ1) is 15.3. The van der Waals surface area contributed by atoms with E-state index in [1.54, 1.807) is 17.0 Å². The lowest BCUT2D eigenvalue weighted by molar-refractivity contribution is 0.0885. The van der Waals surface area contributed by atoms with Crippen LogP contribution >= 0.6 is 0 Å². The maximum atomic E-state index is 11.9. The molecule has 21 heavy (non-hydrogen) atoms. The van der Waals surface area contributed by atoms with Crippen LogP contribution in [0.1, 0.15) is 10.4 Å². The number of hydrogen-bond acceptors (Lipinski definition) is 4. The number of rotatable bonds is 4. The molecule has 0 spiro atoms. The van der Waals surface area contributed by atoms with E-state index in [2.05, 4.69) is 10.2 Å². The first-order valence-corrected chi connectivity index (χ1v) is 7.09. The third-order valence-corrected chi connectivity index (χ3v) is 3.55. The summed E-state index contributed by atoms with van der Waals surface area (Å²) in [6.45, 7) is 4.32. The summed E-state index contributed by atoms with van der Waals surface area (Å²) in [5.41, 5.74) is 0.674. The van der Waals surface area contributed by atoms with Crippen LogP contribution in [0, 0.1) is 0 Å². The number of ether oxygens (including phenoxy) is 1. The van der Waals surface area contributed by atoms with Gasteiger partial charge in [-0.15, -0.1) is 0 Å². The fourth-order valence-corrected chi connectivity index (χ4v) is 2.30. The Labute approximate surface area is 124 Å². The average molecular weight is 291 g/mol. The Kier molecular flexibility index (Phi) is 5.57. The summed E-state index contributed by atoms with van der Waals surface area (Å²) in [6, 6.07) is 9.17. The van der Waals surface area contributed by atoms with Crippen molar-refractivity contribution in [1.29, 1.82) is 0 Å². The van der Waals surface area contributed by atoms with Gasteiger partial charge in [0.15, 0.2) is 0 Å². The lowest BCUT2D eigenvalue weighted by Gasteiger charge is -2.33. The number of hydrogen-bond donors (Lipinski definition) is 1. The van der Waals surface area contributed by atoms with Gasteiger partial charge in [0, 0.05) is 44.8 Å². The summed E-state index contributed by atoms with van der Waals surface area (Å²) in [7, 11) is 1.40. The first-order valence-electron chi connectivity index (χ1n) is 7.09. The van der Waals surface area contributed by atoms with Gasteiger partial charge in [0.2, 0.25) is 0 Å². The van der Waals surface area contributed by atoms with E-state index in [0.29, 0.717) is 25.2 Å². The van der Waals surface area contributed by atoms with Crippen LogP contribution in [0.2, 0.25) is 0 Å². The Bertz CT molecular complexity index is 470. The van der Waals surface area contributed by atoms with Gasteiger partial charge in [-0.05, 0) is 12.1 Å². The second-order valence-electron chi connectivity index (χ2n) is 4.92. The molecular formula is C15H21N3O3. The lowest BCUT2D eigenvalue weighted by Crippen LogP contribution is -2.50. The van der Waals surface area contributed by atoms with Crippen molar-refractivity contribution >= 4 is 12.0 Å². The molecule has 0 atom stereocenters. The fourth-order valence-electron chi connectivity index (χ4n) is 2.30. The fraction of sp³-hybridized carbons (Fsp3) is 0.467. The predicted octanol–water partition coefficient (Wildman–Crippen LogP) is 0.800. The van der Waals surface area contributed by atoms with Gasteiger partial charge in [-0.2, -0.15) is 0 Å². The zero-order valence-electron chi connectivity index (χ0n) is 12.2. The summed E-state index contributed by atoms with van der Waals surface area (Å²) >= 11 is 0. The molecule has 0 bridgehead atoms. The molecular weight excluding hydrogens is 270 g/mol. The zero-order valence-corrected chi connectivity index (χ0v) is 12.2. The largest absolute Gasteiger partial charge is 0.453 e. The van der Waals surface area contributed by atoms with Crippen LogP contribution in [0.15, 0.2) is 30.3 Å². The molecule has 0 aromatic heterocycles. The number of carbonyl (C=O) groups excluding carboxylic acids is 2. The van der Waals surface area contributed by atoms with Crippen molar-refractivity contribution in [2.24, 2.45) is 0 Å². The monoisotopic (exact) mass is 291 g/mol. The lowest BCUT2D eigenvalue weighted by atomic mass is 10.2. The van der Waals surface area contributed by atoms with Crippen LogP contribution in [0.5, 0.6) is 0 Å². The second kappa shape index (κ2) is 7.64. The van der Waals surface area contributed by atoms with Gasteiger partial charge in [-0.3, -0.25) is 9.69 Å². The normalized spacial score (nSPS) is 15.6. The zero-order chi connectivity index (χ0) is 15.1. The van der Waals surface area contributed by atoms with Crippen molar-refractivity contribution in [2.45, 2.75) is 0 Å². The van der Waals surface area contributed by atoms with E-state index in [4.69, 9.17) is 4.74 Å². The molecule has 6 nitrogen and oxygen atoms in total. The molecule has 1 aliphatic heterocycles. The van der Waals surface area contributed by atoms with E-state index in [9.17, 15) is 9.59 Å². The molecule has 1 saturated heterocycles. The minimum atomic E-state index is -0.271. The highest BCUT2D eigenvalue weighted by Crippen LogP contribution is 2.03. The summed E-state index contributed by atoms with van der Waals surface area (Å²) in [6.07, 6.45) is -0.271. The number of methoxy groups -OCH3 is 1. The Morgan fingerprint density at radius 3 is 2.43 bits per heavy atom. The molecule has 0 unspecified atom stereocenters. The van der Waals surface area contributed by atoms with Gasteiger partial charge in [0.05, 0.1) is 7.11 Å². The Hall–Kier alpha value is -2.08. The summed E-state index contributed by atoms with van der Waals surface area (Å²) in [5, 5.41) is 2.91. The van der Waals surface area contributed by atoms with Gasteiger partial charge >= 0.3 is 6.09 Å². The smallest absolute Gasteiger partial charge is 0.409 e. The molecule has 1 N–H and O–H groups in total. The highest BCUT2D eigenvalue weighted by Gasteiger charge is 2.21. The van der Waals surface area contributed by atoms with Crippen LogP contribution in [-0.2, 0) is 4.74 Å². The number of nitrogens with one attached hydrogen (secondary N) is 1. The third-order valence-electron chi connectivity index (χ3n) is 3.55. The number of amides is 2. The van der Waals surface area contributed by atoms with Crippen LogP contribution in [0.4, 0.5) is 4.79 Å². The first-order chi connectivity index (χ1) is 10.2. The summed E-state index contributed by atoms with van der Waals surface area (Å²) in [5.74, 6) is -0.0520. The van der Waals surface area contributed by atoms with Gasteiger partial charge in [-0.1, -0.05) is 18.2 Å². The van der Waals surface area contributed by atoms with Crippen LogP contribution < -0.4 is 5.32 Å². The van der Waals surface area contributed by atoms with Gasteiger partial charge in [0.1, 0.15) is 0 Å². The predicted molar refractivity (Wildman–Crippen MR) is 79.2 cm³/mol. The highest BCUT2D eigenvalue weighted by molar-refractivity contribution is 5.94. The molecule has 1 aliphatic rings.